The summed E-state index contributed by atoms with van der Waals surface area (Å²) in [6, 6.07) is 1.92. The van der Waals surface area contributed by atoms with Gasteiger partial charge in [0.05, 0.1) is 14.2 Å². The van der Waals surface area contributed by atoms with Gasteiger partial charge < -0.3 is 15.2 Å². The van der Waals surface area contributed by atoms with Gasteiger partial charge in [-0.1, -0.05) is 0 Å². The maximum absolute atomic E-state index is 14.0. The van der Waals surface area contributed by atoms with Crippen LogP contribution in [0.25, 0.3) is 0 Å². The summed E-state index contributed by atoms with van der Waals surface area (Å²) in [5.74, 6) is -0.568. The van der Waals surface area contributed by atoms with Crippen molar-refractivity contribution >= 4 is 10.0 Å². The summed E-state index contributed by atoms with van der Waals surface area (Å²) in [6.45, 7) is 0.480. The van der Waals surface area contributed by atoms with Gasteiger partial charge in [-0.25, -0.2) is 12.8 Å². The minimum atomic E-state index is -3.92. The fourth-order valence-corrected chi connectivity index (χ4v) is 3.72. The number of ether oxygens (including phenoxy) is 2. The molecule has 1 fully saturated rings. The van der Waals surface area contributed by atoms with Gasteiger partial charge >= 0.3 is 0 Å². The van der Waals surface area contributed by atoms with Crippen LogP contribution in [0.4, 0.5) is 4.39 Å². The van der Waals surface area contributed by atoms with Gasteiger partial charge in [-0.3, -0.25) is 0 Å². The molecular weight excluding hydrogens is 287 g/mol. The minimum absolute atomic E-state index is 0.141. The maximum atomic E-state index is 14.0. The summed E-state index contributed by atoms with van der Waals surface area (Å²) in [4.78, 5) is -0.427. The highest BCUT2D eigenvalue weighted by Crippen LogP contribution is 2.33. The molecule has 0 amide bonds. The van der Waals surface area contributed by atoms with E-state index in [1.807, 2.05) is 0 Å². The van der Waals surface area contributed by atoms with Crippen molar-refractivity contribution in [2.24, 2.45) is 5.73 Å². The van der Waals surface area contributed by atoms with Crippen LogP contribution in [-0.4, -0.2) is 46.1 Å². The SMILES string of the molecule is COc1cc(F)c(S(=O)(=O)N2CCC(N)C2)cc1OC. The first-order chi connectivity index (χ1) is 9.40. The Morgan fingerprint density at radius 1 is 1.30 bits per heavy atom. The molecule has 1 aromatic carbocycles. The van der Waals surface area contributed by atoms with E-state index in [0.717, 1.165) is 12.1 Å². The molecule has 1 unspecified atom stereocenters. The first-order valence-corrected chi connectivity index (χ1v) is 7.51. The lowest BCUT2D eigenvalue weighted by atomic mass is 10.3. The van der Waals surface area contributed by atoms with E-state index >= 15 is 0 Å². The van der Waals surface area contributed by atoms with E-state index in [9.17, 15) is 12.8 Å². The molecule has 0 aromatic heterocycles. The van der Waals surface area contributed by atoms with Crippen LogP contribution in [0.3, 0.4) is 0 Å². The van der Waals surface area contributed by atoms with Crippen LogP contribution >= 0.6 is 0 Å². The van der Waals surface area contributed by atoms with E-state index in [0.29, 0.717) is 6.42 Å². The average molecular weight is 304 g/mol. The number of nitrogens with zero attached hydrogens (tertiary/aromatic N) is 1. The van der Waals surface area contributed by atoms with Crippen molar-refractivity contribution in [3.05, 3.63) is 17.9 Å². The number of sulfonamides is 1. The molecule has 0 radical (unpaired) electrons. The molecule has 0 aliphatic carbocycles. The van der Waals surface area contributed by atoms with Crippen molar-refractivity contribution in [2.45, 2.75) is 17.4 Å². The van der Waals surface area contributed by atoms with Crippen LogP contribution in [0.15, 0.2) is 17.0 Å². The number of rotatable bonds is 4. The van der Waals surface area contributed by atoms with Gasteiger partial charge in [-0.2, -0.15) is 4.31 Å². The molecule has 112 valence electrons. The van der Waals surface area contributed by atoms with Gasteiger partial charge in [0, 0.05) is 31.3 Å². The van der Waals surface area contributed by atoms with Crippen LogP contribution in [0, 0.1) is 5.82 Å². The van der Waals surface area contributed by atoms with Crippen molar-refractivity contribution in [3.8, 4) is 11.5 Å². The number of hydrogen-bond donors (Lipinski definition) is 1. The third-order valence-electron chi connectivity index (χ3n) is 3.24. The van der Waals surface area contributed by atoms with E-state index in [2.05, 4.69) is 0 Å². The maximum Gasteiger partial charge on any atom is 0.246 e. The predicted octanol–water partition coefficient (Wildman–Crippen LogP) is 0.565. The zero-order valence-electron chi connectivity index (χ0n) is 11.3. The molecule has 8 heteroatoms. The van der Waals surface area contributed by atoms with Crippen LogP contribution in [0.2, 0.25) is 0 Å². The fourth-order valence-electron chi connectivity index (χ4n) is 2.14. The average Bonchev–Trinajstić information content (AvgIpc) is 2.85. The summed E-state index contributed by atoms with van der Waals surface area (Å²) in [5, 5.41) is 0. The van der Waals surface area contributed by atoms with Gasteiger partial charge in [-0.15, -0.1) is 0 Å². The third-order valence-corrected chi connectivity index (χ3v) is 5.12. The number of benzene rings is 1. The Bertz CT molecular complexity index is 606. The standard InChI is InChI=1S/C12H17FN2O4S/c1-18-10-5-9(13)12(6-11(10)19-2)20(16,17)15-4-3-8(14)7-15/h5-6,8H,3-4,7,14H2,1-2H3. The second kappa shape index (κ2) is 5.55. The van der Waals surface area contributed by atoms with Crippen LogP contribution in [0.1, 0.15) is 6.42 Å². The highest BCUT2D eigenvalue weighted by molar-refractivity contribution is 7.89. The molecule has 1 aromatic rings. The Hall–Kier alpha value is -1.38. The molecule has 2 rings (SSSR count). The third kappa shape index (κ3) is 2.58. The Morgan fingerprint density at radius 2 is 1.90 bits per heavy atom. The second-order valence-corrected chi connectivity index (χ2v) is 6.46. The lowest BCUT2D eigenvalue weighted by molar-refractivity contribution is 0.349. The van der Waals surface area contributed by atoms with Gasteiger partial charge in [0.15, 0.2) is 11.5 Å². The van der Waals surface area contributed by atoms with Crippen LogP contribution < -0.4 is 15.2 Å². The van der Waals surface area contributed by atoms with Crippen LogP contribution in [0.5, 0.6) is 11.5 Å². The first kappa shape index (κ1) is 15.0. The molecule has 2 N–H and O–H groups in total. The Kier molecular flexibility index (Phi) is 4.17. The van der Waals surface area contributed by atoms with Gasteiger partial charge in [-0.05, 0) is 6.42 Å². The molecule has 1 atom stereocenters. The second-order valence-electron chi connectivity index (χ2n) is 4.55. The quantitative estimate of drug-likeness (QED) is 0.879. The Morgan fingerprint density at radius 3 is 2.40 bits per heavy atom. The summed E-state index contributed by atoms with van der Waals surface area (Å²) in [5.41, 5.74) is 5.70. The smallest absolute Gasteiger partial charge is 0.246 e. The van der Waals surface area contributed by atoms with Crippen molar-refractivity contribution in [2.75, 3.05) is 27.3 Å². The molecule has 6 nitrogen and oxygen atoms in total. The van der Waals surface area contributed by atoms with E-state index in [1.165, 1.54) is 18.5 Å². The van der Waals surface area contributed by atoms with Gasteiger partial charge in [0.25, 0.3) is 0 Å². The molecule has 1 aliphatic heterocycles. The topological polar surface area (TPSA) is 81.9 Å². The zero-order valence-corrected chi connectivity index (χ0v) is 12.1. The molecule has 0 bridgehead atoms. The number of methoxy groups -OCH3 is 2. The molecule has 0 saturated carbocycles. The summed E-state index contributed by atoms with van der Waals surface area (Å²) >= 11 is 0. The van der Waals surface area contributed by atoms with Gasteiger partial charge in [0.1, 0.15) is 10.7 Å². The number of halogens is 1. The summed E-state index contributed by atoms with van der Waals surface area (Å²) in [6.07, 6.45) is 0.564. The van der Waals surface area contributed by atoms with Crippen molar-refractivity contribution in [1.82, 2.24) is 4.31 Å². The fraction of sp³-hybridized carbons (Fsp3) is 0.500. The van der Waals surface area contributed by atoms with E-state index in [1.54, 1.807) is 0 Å². The van der Waals surface area contributed by atoms with Gasteiger partial charge in [0.2, 0.25) is 10.0 Å². The van der Waals surface area contributed by atoms with Crippen molar-refractivity contribution in [3.63, 3.8) is 0 Å². The zero-order chi connectivity index (χ0) is 14.9. The van der Waals surface area contributed by atoms with Crippen molar-refractivity contribution in [1.29, 1.82) is 0 Å². The molecule has 1 saturated heterocycles. The van der Waals surface area contributed by atoms with E-state index in [-0.39, 0.29) is 30.6 Å². The lowest BCUT2D eigenvalue weighted by Crippen LogP contribution is -2.32. The molecule has 1 aliphatic rings. The predicted molar refractivity (Wildman–Crippen MR) is 70.9 cm³/mol. The minimum Gasteiger partial charge on any atom is -0.493 e. The molecular formula is C12H17FN2O4S. The number of hydrogen-bond acceptors (Lipinski definition) is 5. The summed E-state index contributed by atoms with van der Waals surface area (Å²) in [7, 11) is -1.21. The highest BCUT2D eigenvalue weighted by atomic mass is 32.2. The monoisotopic (exact) mass is 304 g/mol. The molecule has 20 heavy (non-hydrogen) atoms. The first-order valence-electron chi connectivity index (χ1n) is 6.07. The normalized spacial score (nSPS) is 20.1. The van der Waals surface area contributed by atoms with Crippen LogP contribution in [-0.2, 0) is 10.0 Å². The number of nitrogens with two attached hydrogens (primary N) is 1. The molecule has 1 heterocycles. The lowest BCUT2D eigenvalue weighted by Gasteiger charge is -2.17. The highest BCUT2D eigenvalue weighted by Gasteiger charge is 2.33. The van der Waals surface area contributed by atoms with E-state index < -0.39 is 20.7 Å². The van der Waals surface area contributed by atoms with E-state index in [4.69, 9.17) is 15.2 Å². The Labute approximate surface area is 117 Å². The summed E-state index contributed by atoms with van der Waals surface area (Å²) < 4.78 is 50.0. The van der Waals surface area contributed by atoms with Crippen molar-refractivity contribution < 1.29 is 22.3 Å². The largest absolute Gasteiger partial charge is 0.493 e. The molecule has 0 spiro atoms. The Balaban J connectivity index is 2.46.